The molecule has 0 aliphatic carbocycles. The van der Waals surface area contributed by atoms with Crippen molar-refractivity contribution < 1.29 is 18.3 Å². The summed E-state index contributed by atoms with van der Waals surface area (Å²) in [5, 5.41) is 9.61. The monoisotopic (exact) mass is 272 g/mol. The highest BCUT2D eigenvalue weighted by Crippen LogP contribution is 2.26. The molecular weight excluding hydrogens is 252 g/mol. The van der Waals surface area contributed by atoms with E-state index in [1.807, 2.05) is 25.1 Å². The predicted octanol–water partition coefficient (Wildman–Crippen LogP) is 1.86. The summed E-state index contributed by atoms with van der Waals surface area (Å²) >= 11 is 0. The van der Waals surface area contributed by atoms with Crippen LogP contribution in [0.5, 0.6) is 5.75 Å². The molecule has 0 spiro atoms. The van der Waals surface area contributed by atoms with Crippen molar-refractivity contribution in [3.05, 3.63) is 29.3 Å². The molecule has 5 heteroatoms. The first-order valence-electron chi connectivity index (χ1n) is 5.89. The fourth-order valence-corrected chi connectivity index (χ4v) is 2.26. The van der Waals surface area contributed by atoms with Crippen molar-refractivity contribution in [2.75, 3.05) is 18.6 Å². The number of aliphatic hydroxyl groups excluding tert-OH is 1. The summed E-state index contributed by atoms with van der Waals surface area (Å²) < 4.78 is 27.5. The summed E-state index contributed by atoms with van der Waals surface area (Å²) in [6.07, 6.45) is 1.06. The average molecular weight is 272 g/mol. The molecule has 4 nitrogen and oxygen atoms in total. The minimum Gasteiger partial charge on any atom is -0.493 e. The Morgan fingerprint density at radius 1 is 1.39 bits per heavy atom. The Labute approximate surface area is 109 Å². The van der Waals surface area contributed by atoms with Gasteiger partial charge in [-0.15, -0.1) is 0 Å². The number of sulfone groups is 1. The van der Waals surface area contributed by atoms with E-state index < -0.39 is 15.9 Å². The standard InChI is InChI=1S/C13H20O4S/c1-10-5-6-12(11(2)14)13(9-10)17-7-4-8-18(3,15)16/h5-6,9,11,14H,4,7-8H2,1-3H3/t11-/m0/s1. The molecule has 0 radical (unpaired) electrons. The van der Waals surface area contributed by atoms with Crippen molar-refractivity contribution in [3.8, 4) is 5.75 Å². The Morgan fingerprint density at radius 2 is 2.06 bits per heavy atom. The lowest BCUT2D eigenvalue weighted by Gasteiger charge is -2.14. The minimum atomic E-state index is -2.94. The fourth-order valence-electron chi connectivity index (χ4n) is 1.61. The van der Waals surface area contributed by atoms with E-state index in [0.717, 1.165) is 11.1 Å². The highest BCUT2D eigenvalue weighted by atomic mass is 32.2. The quantitative estimate of drug-likeness (QED) is 0.803. The molecule has 0 saturated carbocycles. The summed E-state index contributed by atoms with van der Waals surface area (Å²) in [5.41, 5.74) is 1.76. The van der Waals surface area contributed by atoms with Crippen LogP contribution in [0.1, 0.15) is 30.6 Å². The summed E-state index contributed by atoms with van der Waals surface area (Å²) in [7, 11) is -2.94. The zero-order valence-electron chi connectivity index (χ0n) is 11.0. The van der Waals surface area contributed by atoms with Crippen LogP contribution < -0.4 is 4.74 Å². The summed E-state index contributed by atoms with van der Waals surface area (Å²) in [4.78, 5) is 0. The molecule has 0 saturated heterocycles. The summed E-state index contributed by atoms with van der Waals surface area (Å²) in [5.74, 6) is 0.738. The van der Waals surface area contributed by atoms with Gasteiger partial charge in [0.2, 0.25) is 0 Å². The molecule has 1 atom stereocenters. The van der Waals surface area contributed by atoms with Crippen LogP contribution >= 0.6 is 0 Å². The van der Waals surface area contributed by atoms with Gasteiger partial charge in [0.25, 0.3) is 0 Å². The third kappa shape index (κ3) is 5.06. The number of benzene rings is 1. The Kier molecular flexibility index (Phi) is 5.16. The van der Waals surface area contributed by atoms with Gasteiger partial charge < -0.3 is 9.84 Å². The Balaban J connectivity index is 2.63. The van der Waals surface area contributed by atoms with E-state index in [4.69, 9.17) is 4.74 Å². The van der Waals surface area contributed by atoms with E-state index >= 15 is 0 Å². The molecule has 102 valence electrons. The van der Waals surface area contributed by atoms with Gasteiger partial charge in [0.15, 0.2) is 0 Å². The van der Waals surface area contributed by atoms with Crippen LogP contribution in [0, 0.1) is 6.92 Å². The average Bonchev–Trinajstić information content (AvgIpc) is 2.22. The van der Waals surface area contributed by atoms with Crippen LogP contribution in [-0.2, 0) is 9.84 Å². The van der Waals surface area contributed by atoms with Gasteiger partial charge in [-0.1, -0.05) is 12.1 Å². The normalized spacial score (nSPS) is 13.3. The Bertz CT molecular complexity index is 492. The lowest BCUT2D eigenvalue weighted by Crippen LogP contribution is -2.09. The Hall–Kier alpha value is -1.07. The van der Waals surface area contributed by atoms with Crippen molar-refractivity contribution in [1.82, 2.24) is 0 Å². The van der Waals surface area contributed by atoms with E-state index in [1.165, 1.54) is 6.26 Å². The van der Waals surface area contributed by atoms with Crippen molar-refractivity contribution in [2.24, 2.45) is 0 Å². The number of hydrogen-bond donors (Lipinski definition) is 1. The maximum atomic E-state index is 11.0. The van der Waals surface area contributed by atoms with E-state index in [1.54, 1.807) is 6.92 Å². The van der Waals surface area contributed by atoms with Crippen molar-refractivity contribution in [2.45, 2.75) is 26.4 Å². The number of aliphatic hydroxyl groups is 1. The van der Waals surface area contributed by atoms with Crippen LogP contribution in [-0.4, -0.2) is 32.1 Å². The zero-order chi connectivity index (χ0) is 13.8. The number of hydrogen-bond acceptors (Lipinski definition) is 4. The van der Waals surface area contributed by atoms with Crippen LogP contribution in [0.3, 0.4) is 0 Å². The fraction of sp³-hybridized carbons (Fsp3) is 0.538. The van der Waals surface area contributed by atoms with Crippen molar-refractivity contribution >= 4 is 9.84 Å². The van der Waals surface area contributed by atoms with E-state index in [9.17, 15) is 13.5 Å². The molecule has 0 aromatic heterocycles. The largest absolute Gasteiger partial charge is 0.493 e. The van der Waals surface area contributed by atoms with Crippen LogP contribution in [0.25, 0.3) is 0 Å². The molecule has 1 aromatic carbocycles. The smallest absolute Gasteiger partial charge is 0.147 e. The second kappa shape index (κ2) is 6.20. The summed E-state index contributed by atoms with van der Waals surface area (Å²) in [6, 6.07) is 5.58. The van der Waals surface area contributed by atoms with Gasteiger partial charge in [-0.25, -0.2) is 8.42 Å². The molecular formula is C13H20O4S. The molecule has 1 rings (SSSR count). The molecule has 0 heterocycles. The first-order valence-corrected chi connectivity index (χ1v) is 7.95. The number of aryl methyl sites for hydroxylation is 1. The van der Waals surface area contributed by atoms with Gasteiger partial charge in [-0.05, 0) is 31.9 Å². The van der Waals surface area contributed by atoms with Gasteiger partial charge in [-0.2, -0.15) is 0 Å². The first-order chi connectivity index (χ1) is 8.29. The van der Waals surface area contributed by atoms with Gasteiger partial charge in [-0.3, -0.25) is 0 Å². The van der Waals surface area contributed by atoms with E-state index in [2.05, 4.69) is 0 Å². The predicted molar refractivity (Wildman–Crippen MR) is 71.6 cm³/mol. The highest BCUT2D eigenvalue weighted by molar-refractivity contribution is 7.90. The van der Waals surface area contributed by atoms with E-state index in [-0.39, 0.29) is 5.75 Å². The maximum Gasteiger partial charge on any atom is 0.147 e. The molecule has 0 aliphatic rings. The molecule has 0 bridgehead atoms. The molecule has 18 heavy (non-hydrogen) atoms. The van der Waals surface area contributed by atoms with Gasteiger partial charge in [0.05, 0.1) is 18.5 Å². The molecule has 1 N–H and O–H groups in total. The number of ether oxygens (including phenoxy) is 1. The lowest BCUT2D eigenvalue weighted by molar-refractivity contribution is 0.191. The van der Waals surface area contributed by atoms with E-state index in [0.29, 0.717) is 18.8 Å². The number of rotatable bonds is 6. The molecule has 0 amide bonds. The molecule has 0 fully saturated rings. The van der Waals surface area contributed by atoms with Gasteiger partial charge >= 0.3 is 0 Å². The molecule has 0 aliphatic heterocycles. The Morgan fingerprint density at radius 3 is 2.61 bits per heavy atom. The molecule has 0 unspecified atom stereocenters. The maximum absolute atomic E-state index is 11.0. The topological polar surface area (TPSA) is 63.6 Å². The molecule has 1 aromatic rings. The second-order valence-corrected chi connectivity index (χ2v) is 6.81. The second-order valence-electron chi connectivity index (χ2n) is 4.55. The van der Waals surface area contributed by atoms with Crippen LogP contribution in [0.4, 0.5) is 0 Å². The zero-order valence-corrected chi connectivity index (χ0v) is 11.8. The third-order valence-corrected chi connectivity index (χ3v) is 3.57. The van der Waals surface area contributed by atoms with Crippen molar-refractivity contribution in [1.29, 1.82) is 0 Å². The van der Waals surface area contributed by atoms with Crippen molar-refractivity contribution in [3.63, 3.8) is 0 Å². The first kappa shape index (κ1) is 15.0. The van der Waals surface area contributed by atoms with Gasteiger partial charge in [0.1, 0.15) is 15.6 Å². The lowest BCUT2D eigenvalue weighted by atomic mass is 10.1. The third-order valence-electron chi connectivity index (χ3n) is 2.54. The minimum absolute atomic E-state index is 0.114. The SMILES string of the molecule is Cc1ccc([C@H](C)O)c(OCCCS(C)(=O)=O)c1. The van der Waals surface area contributed by atoms with Gasteiger partial charge in [0, 0.05) is 11.8 Å². The van der Waals surface area contributed by atoms with Crippen LogP contribution in [0.15, 0.2) is 18.2 Å². The van der Waals surface area contributed by atoms with Crippen LogP contribution in [0.2, 0.25) is 0 Å². The highest BCUT2D eigenvalue weighted by Gasteiger charge is 2.09. The summed E-state index contributed by atoms with van der Waals surface area (Å²) in [6.45, 7) is 3.94.